The molecule has 0 bridgehead atoms. The number of carbonyl (C=O) groups is 2. The van der Waals surface area contributed by atoms with Gasteiger partial charge in [0.1, 0.15) is 18.0 Å². The lowest BCUT2D eigenvalue weighted by atomic mass is 10.0. The molecule has 0 spiro atoms. The summed E-state index contributed by atoms with van der Waals surface area (Å²) in [5.74, 6) is -0.373. The number of ether oxygens (including phenoxy) is 2. The summed E-state index contributed by atoms with van der Waals surface area (Å²) in [6.45, 7) is 5.85. The van der Waals surface area contributed by atoms with Crippen molar-refractivity contribution in [1.82, 2.24) is 0 Å². The van der Waals surface area contributed by atoms with Crippen molar-refractivity contribution in [2.24, 2.45) is 0 Å². The van der Waals surface area contributed by atoms with E-state index in [0.29, 0.717) is 29.0 Å². The number of amides is 2. The van der Waals surface area contributed by atoms with E-state index in [1.807, 2.05) is 0 Å². The van der Waals surface area contributed by atoms with Gasteiger partial charge in [-0.15, -0.1) is 0 Å². The molecule has 7 nitrogen and oxygen atoms in total. The molecule has 2 aromatic carbocycles. The third kappa shape index (κ3) is 4.33. The first-order valence-electron chi connectivity index (χ1n) is 8.78. The molecular weight excluding hydrogens is 365 g/mol. The first-order chi connectivity index (χ1) is 13.1. The number of rotatable bonds is 3. The second-order valence-corrected chi connectivity index (χ2v) is 7.36. The summed E-state index contributed by atoms with van der Waals surface area (Å²) >= 11 is 0. The molecular formula is C20H22FN3O4. The third-order valence-electron chi connectivity index (χ3n) is 4.01. The predicted octanol–water partition coefficient (Wildman–Crippen LogP) is 4.38. The Hall–Kier alpha value is -3.29. The van der Waals surface area contributed by atoms with Crippen molar-refractivity contribution in [1.29, 1.82) is 0 Å². The lowest BCUT2D eigenvalue weighted by molar-refractivity contribution is 0.0636. The zero-order chi connectivity index (χ0) is 20.5. The van der Waals surface area contributed by atoms with Crippen LogP contribution >= 0.6 is 0 Å². The largest absolute Gasteiger partial charge is 0.447 e. The van der Waals surface area contributed by atoms with Crippen molar-refractivity contribution in [3.8, 4) is 11.1 Å². The van der Waals surface area contributed by atoms with Gasteiger partial charge in [-0.25, -0.2) is 14.0 Å². The number of nitrogens with one attached hydrogen (secondary N) is 1. The summed E-state index contributed by atoms with van der Waals surface area (Å²) in [7, 11) is 0. The monoisotopic (exact) mass is 387 g/mol. The number of carbonyl (C=O) groups excluding carboxylic acids is 2. The fourth-order valence-corrected chi connectivity index (χ4v) is 2.82. The highest BCUT2D eigenvalue weighted by atomic mass is 19.1. The maximum Gasteiger partial charge on any atom is 0.414 e. The maximum absolute atomic E-state index is 13.3. The Labute approximate surface area is 162 Å². The van der Waals surface area contributed by atoms with E-state index < -0.39 is 17.8 Å². The van der Waals surface area contributed by atoms with E-state index in [2.05, 4.69) is 5.32 Å². The molecule has 3 N–H and O–H groups in total. The van der Waals surface area contributed by atoms with Gasteiger partial charge in [0.05, 0.1) is 23.6 Å². The Morgan fingerprint density at radius 1 is 1.25 bits per heavy atom. The van der Waals surface area contributed by atoms with Crippen LogP contribution in [0.3, 0.4) is 0 Å². The molecule has 28 heavy (non-hydrogen) atoms. The quantitative estimate of drug-likeness (QED) is 0.763. The van der Waals surface area contributed by atoms with Gasteiger partial charge in [0.15, 0.2) is 0 Å². The first kappa shape index (κ1) is 19.5. The second kappa shape index (κ2) is 7.38. The molecule has 3 rings (SSSR count). The van der Waals surface area contributed by atoms with Crippen molar-refractivity contribution < 1.29 is 23.5 Å². The van der Waals surface area contributed by atoms with Gasteiger partial charge >= 0.3 is 12.2 Å². The minimum absolute atomic E-state index is 0.251. The molecule has 1 fully saturated rings. The van der Waals surface area contributed by atoms with E-state index in [1.165, 1.54) is 17.0 Å². The Kier molecular flexibility index (Phi) is 5.13. The summed E-state index contributed by atoms with van der Waals surface area (Å²) in [4.78, 5) is 25.7. The van der Waals surface area contributed by atoms with Crippen LogP contribution < -0.4 is 16.0 Å². The Morgan fingerprint density at radius 2 is 1.93 bits per heavy atom. The summed E-state index contributed by atoms with van der Waals surface area (Å²) in [5, 5.41) is 2.61. The van der Waals surface area contributed by atoms with Crippen molar-refractivity contribution in [2.45, 2.75) is 26.4 Å². The first-order valence-corrected chi connectivity index (χ1v) is 8.78. The number of nitrogens with zero attached hydrogens (tertiary/aromatic N) is 1. The summed E-state index contributed by atoms with van der Waals surface area (Å²) in [6.07, 6.45) is -1.17. The minimum atomic E-state index is -0.672. The molecule has 1 aliphatic rings. The van der Waals surface area contributed by atoms with Gasteiger partial charge in [-0.2, -0.15) is 0 Å². The molecule has 0 saturated carbocycles. The van der Waals surface area contributed by atoms with Gasteiger partial charge in [-0.05, 0) is 50.6 Å². The zero-order valence-corrected chi connectivity index (χ0v) is 15.9. The molecule has 148 valence electrons. The van der Waals surface area contributed by atoms with Crippen LogP contribution in [0.2, 0.25) is 0 Å². The highest BCUT2D eigenvalue weighted by molar-refractivity contribution is 6.00. The van der Waals surface area contributed by atoms with Crippen LogP contribution in [0.15, 0.2) is 36.4 Å². The number of benzene rings is 2. The number of nitrogen functional groups attached to an aromatic ring is 1. The average Bonchev–Trinajstić information content (AvgIpc) is 3.01. The van der Waals surface area contributed by atoms with Gasteiger partial charge in [-0.3, -0.25) is 10.2 Å². The average molecular weight is 387 g/mol. The molecule has 1 saturated heterocycles. The molecule has 0 aromatic heterocycles. The van der Waals surface area contributed by atoms with Crippen LogP contribution in [0.5, 0.6) is 0 Å². The number of anilines is 3. The number of nitrogens with two attached hydrogens (primary N) is 1. The third-order valence-corrected chi connectivity index (χ3v) is 4.01. The normalized spacial score (nSPS) is 14.0. The molecule has 0 unspecified atom stereocenters. The van der Waals surface area contributed by atoms with Crippen molar-refractivity contribution >= 4 is 29.2 Å². The number of hydrogen-bond donors (Lipinski definition) is 2. The molecule has 2 aromatic rings. The molecule has 0 aliphatic carbocycles. The summed E-state index contributed by atoms with van der Waals surface area (Å²) < 4.78 is 23.6. The van der Waals surface area contributed by atoms with Gasteiger partial charge in [0.25, 0.3) is 0 Å². The molecule has 0 atom stereocenters. The van der Waals surface area contributed by atoms with Crippen LogP contribution in [-0.2, 0) is 9.47 Å². The van der Waals surface area contributed by atoms with Gasteiger partial charge in [-0.1, -0.05) is 12.1 Å². The fourth-order valence-electron chi connectivity index (χ4n) is 2.82. The van der Waals surface area contributed by atoms with Crippen LogP contribution in [0.1, 0.15) is 20.8 Å². The van der Waals surface area contributed by atoms with Crippen LogP contribution in [0.4, 0.5) is 31.0 Å². The van der Waals surface area contributed by atoms with Gasteiger partial charge in [0, 0.05) is 5.56 Å². The van der Waals surface area contributed by atoms with E-state index >= 15 is 0 Å². The molecule has 8 heteroatoms. The fraction of sp³-hybridized carbons (Fsp3) is 0.300. The highest BCUT2D eigenvalue weighted by Crippen LogP contribution is 2.38. The van der Waals surface area contributed by atoms with E-state index in [4.69, 9.17) is 15.2 Å². The number of cyclic esters (lactones) is 1. The zero-order valence-electron chi connectivity index (χ0n) is 15.9. The van der Waals surface area contributed by atoms with Crippen molar-refractivity contribution in [3.05, 3.63) is 42.2 Å². The van der Waals surface area contributed by atoms with E-state index in [1.54, 1.807) is 45.0 Å². The van der Waals surface area contributed by atoms with Crippen molar-refractivity contribution in [2.75, 3.05) is 29.1 Å². The van der Waals surface area contributed by atoms with Crippen molar-refractivity contribution in [3.63, 3.8) is 0 Å². The lowest BCUT2D eigenvalue weighted by Crippen LogP contribution is -2.28. The Bertz CT molecular complexity index is 907. The smallest absolute Gasteiger partial charge is 0.414 e. The molecule has 1 aliphatic heterocycles. The summed E-state index contributed by atoms with van der Waals surface area (Å²) in [6, 6.07) is 9.05. The minimum Gasteiger partial charge on any atom is -0.447 e. The topological polar surface area (TPSA) is 93.9 Å². The molecule has 2 amide bonds. The number of halogens is 1. The van der Waals surface area contributed by atoms with Crippen LogP contribution in [0.25, 0.3) is 11.1 Å². The maximum atomic E-state index is 13.3. The summed E-state index contributed by atoms with van der Waals surface area (Å²) in [5.41, 5.74) is 7.82. The second-order valence-electron chi connectivity index (χ2n) is 7.36. The van der Waals surface area contributed by atoms with Crippen LogP contribution in [-0.4, -0.2) is 30.9 Å². The lowest BCUT2D eigenvalue weighted by Gasteiger charge is -2.22. The Balaban J connectivity index is 2.03. The van der Waals surface area contributed by atoms with E-state index in [-0.39, 0.29) is 18.1 Å². The van der Waals surface area contributed by atoms with Gasteiger partial charge in [0.2, 0.25) is 0 Å². The standard InChI is InChI=1S/C20H22FN3O4/c1-20(2,3)28-18(25)23-16-11-17(24-8-9-27-19(24)26)14(10-15(16)22)12-4-6-13(21)7-5-12/h4-7,10-11H,8-9,22H2,1-3H3,(H,23,25). The predicted molar refractivity (Wildman–Crippen MR) is 105 cm³/mol. The Morgan fingerprint density at radius 3 is 2.50 bits per heavy atom. The van der Waals surface area contributed by atoms with E-state index in [9.17, 15) is 14.0 Å². The van der Waals surface area contributed by atoms with Gasteiger partial charge < -0.3 is 15.2 Å². The highest BCUT2D eigenvalue weighted by Gasteiger charge is 2.27. The SMILES string of the molecule is CC(C)(C)OC(=O)Nc1cc(N2CCOC2=O)c(-c2ccc(F)cc2)cc1N. The van der Waals surface area contributed by atoms with E-state index in [0.717, 1.165) is 0 Å². The molecule has 1 heterocycles. The van der Waals surface area contributed by atoms with Crippen LogP contribution in [0, 0.1) is 5.82 Å². The number of hydrogen-bond acceptors (Lipinski definition) is 5. The molecule has 0 radical (unpaired) electrons.